The van der Waals surface area contributed by atoms with Gasteiger partial charge in [-0.25, -0.2) is 18.4 Å². The molecule has 1 aliphatic heterocycles. The van der Waals surface area contributed by atoms with Gasteiger partial charge < -0.3 is 4.90 Å². The molecule has 1 aromatic rings. The molecule has 104 valence electrons. The molecule has 19 heavy (non-hydrogen) atoms. The highest BCUT2D eigenvalue weighted by molar-refractivity contribution is 7.91. The van der Waals surface area contributed by atoms with Gasteiger partial charge in [-0.05, 0) is 20.3 Å². The van der Waals surface area contributed by atoms with Crippen LogP contribution < -0.4 is 0 Å². The van der Waals surface area contributed by atoms with Gasteiger partial charge in [-0.2, -0.15) is 0 Å². The van der Waals surface area contributed by atoms with Crippen LogP contribution in [0.25, 0.3) is 0 Å². The van der Waals surface area contributed by atoms with Crippen LogP contribution in [0.4, 0.5) is 0 Å². The number of carbonyl (C=O) groups is 1. The van der Waals surface area contributed by atoms with Gasteiger partial charge in [0.2, 0.25) is 0 Å². The number of hydrogen-bond acceptors (Lipinski definition) is 5. The summed E-state index contributed by atoms with van der Waals surface area (Å²) in [6.45, 7) is 4.07. The molecular weight excluding hydrogens is 266 g/mol. The molecule has 0 N–H and O–H groups in total. The molecular formula is C12H17N3O3S. The normalized spacial score (nSPS) is 21.3. The lowest BCUT2D eigenvalue weighted by atomic mass is 10.2. The van der Waals surface area contributed by atoms with E-state index < -0.39 is 9.84 Å². The van der Waals surface area contributed by atoms with Crippen LogP contribution in [0.2, 0.25) is 0 Å². The third kappa shape index (κ3) is 3.09. The van der Waals surface area contributed by atoms with Crippen molar-refractivity contribution < 1.29 is 13.2 Å². The maximum Gasteiger partial charge on any atom is 0.257 e. The van der Waals surface area contributed by atoms with Gasteiger partial charge in [0.15, 0.2) is 9.84 Å². The summed E-state index contributed by atoms with van der Waals surface area (Å²) in [5.41, 5.74) is 0.400. The van der Waals surface area contributed by atoms with Gasteiger partial charge in [0, 0.05) is 25.0 Å². The molecule has 1 amide bonds. The zero-order valence-electron chi connectivity index (χ0n) is 11.0. The van der Waals surface area contributed by atoms with Crippen LogP contribution in [0.5, 0.6) is 0 Å². The maximum absolute atomic E-state index is 12.3. The first kappa shape index (κ1) is 13.9. The Morgan fingerprint density at radius 2 is 2.05 bits per heavy atom. The second-order valence-corrected chi connectivity index (χ2v) is 6.90. The summed E-state index contributed by atoms with van der Waals surface area (Å²) < 4.78 is 23.0. The van der Waals surface area contributed by atoms with Crippen molar-refractivity contribution in [1.82, 2.24) is 14.9 Å². The van der Waals surface area contributed by atoms with Crippen molar-refractivity contribution in [3.8, 4) is 0 Å². The Labute approximate surface area is 112 Å². The Morgan fingerprint density at radius 1 is 1.42 bits per heavy atom. The zero-order chi connectivity index (χ0) is 14.0. The fourth-order valence-electron chi connectivity index (χ4n) is 2.26. The predicted molar refractivity (Wildman–Crippen MR) is 70.5 cm³/mol. The summed E-state index contributed by atoms with van der Waals surface area (Å²) in [6, 6.07) is -0.233. The summed E-state index contributed by atoms with van der Waals surface area (Å²) >= 11 is 0. The summed E-state index contributed by atoms with van der Waals surface area (Å²) in [5.74, 6) is 0.609. The Morgan fingerprint density at radius 3 is 2.53 bits per heavy atom. The van der Waals surface area contributed by atoms with Crippen molar-refractivity contribution in [2.75, 3.05) is 18.1 Å². The van der Waals surface area contributed by atoms with Crippen molar-refractivity contribution in [1.29, 1.82) is 0 Å². The number of carbonyl (C=O) groups excluding carboxylic acids is 1. The van der Waals surface area contributed by atoms with Crippen LogP contribution >= 0.6 is 0 Å². The smallest absolute Gasteiger partial charge is 0.257 e. The Kier molecular flexibility index (Phi) is 3.84. The number of hydrogen-bond donors (Lipinski definition) is 0. The first-order valence-electron chi connectivity index (χ1n) is 6.23. The lowest BCUT2D eigenvalue weighted by Crippen LogP contribution is -2.41. The summed E-state index contributed by atoms with van der Waals surface area (Å²) in [4.78, 5) is 21.9. The van der Waals surface area contributed by atoms with Gasteiger partial charge in [0.05, 0.1) is 17.1 Å². The topological polar surface area (TPSA) is 80.2 Å². The molecule has 0 saturated carbocycles. The molecule has 0 aromatic carbocycles. The minimum atomic E-state index is -3.00. The van der Waals surface area contributed by atoms with Crippen LogP contribution in [0.1, 0.15) is 29.5 Å². The zero-order valence-corrected chi connectivity index (χ0v) is 11.9. The minimum Gasteiger partial charge on any atom is -0.335 e. The number of aromatic nitrogens is 2. The molecule has 0 radical (unpaired) electrons. The molecule has 6 nitrogen and oxygen atoms in total. The average Bonchev–Trinajstić information content (AvgIpc) is 2.71. The highest BCUT2D eigenvalue weighted by atomic mass is 32.2. The molecule has 1 atom stereocenters. The molecule has 2 heterocycles. The van der Waals surface area contributed by atoms with Crippen molar-refractivity contribution in [2.45, 2.75) is 26.3 Å². The van der Waals surface area contributed by atoms with Crippen LogP contribution in [-0.2, 0) is 9.84 Å². The predicted octanol–water partition coefficient (Wildman–Crippen LogP) is 0.434. The van der Waals surface area contributed by atoms with Crippen LogP contribution in [0.3, 0.4) is 0 Å². The third-order valence-corrected chi connectivity index (χ3v) is 5.03. The number of amides is 1. The van der Waals surface area contributed by atoms with E-state index in [1.165, 1.54) is 12.4 Å². The van der Waals surface area contributed by atoms with Crippen molar-refractivity contribution in [2.24, 2.45) is 0 Å². The van der Waals surface area contributed by atoms with Gasteiger partial charge in [-0.1, -0.05) is 0 Å². The van der Waals surface area contributed by atoms with E-state index in [9.17, 15) is 13.2 Å². The largest absolute Gasteiger partial charge is 0.335 e. The van der Waals surface area contributed by atoms with E-state index >= 15 is 0 Å². The average molecular weight is 283 g/mol. The fourth-order valence-corrected chi connectivity index (χ4v) is 3.99. The Balaban J connectivity index is 2.18. The molecule has 7 heteroatoms. The van der Waals surface area contributed by atoms with Crippen LogP contribution in [0.15, 0.2) is 12.4 Å². The van der Waals surface area contributed by atoms with E-state index in [4.69, 9.17) is 0 Å². The highest BCUT2D eigenvalue weighted by Gasteiger charge is 2.34. The van der Waals surface area contributed by atoms with Gasteiger partial charge in [0.25, 0.3) is 5.91 Å². The molecule has 0 aliphatic carbocycles. The highest BCUT2D eigenvalue weighted by Crippen LogP contribution is 2.19. The van der Waals surface area contributed by atoms with Gasteiger partial charge in [-0.15, -0.1) is 0 Å². The quantitative estimate of drug-likeness (QED) is 0.804. The monoisotopic (exact) mass is 283 g/mol. The summed E-state index contributed by atoms with van der Waals surface area (Å²) in [6.07, 6.45) is 3.47. The van der Waals surface area contributed by atoms with Crippen molar-refractivity contribution >= 4 is 15.7 Å². The van der Waals surface area contributed by atoms with E-state index in [1.807, 2.05) is 6.92 Å². The van der Waals surface area contributed by atoms with Crippen LogP contribution in [0, 0.1) is 6.92 Å². The number of nitrogens with zero attached hydrogens (tertiary/aromatic N) is 3. The molecule has 0 spiro atoms. The SMILES string of the molecule is CCN(C(=O)c1cnc(C)nc1)C1CCS(=O)(=O)C1. The molecule has 1 fully saturated rings. The lowest BCUT2D eigenvalue weighted by Gasteiger charge is -2.26. The number of rotatable bonds is 3. The van der Waals surface area contributed by atoms with Crippen LogP contribution in [-0.4, -0.2) is 53.3 Å². The van der Waals surface area contributed by atoms with Gasteiger partial charge in [-0.3, -0.25) is 4.79 Å². The van der Waals surface area contributed by atoms with E-state index in [-0.39, 0.29) is 23.5 Å². The second-order valence-electron chi connectivity index (χ2n) is 4.67. The fraction of sp³-hybridized carbons (Fsp3) is 0.583. The van der Waals surface area contributed by atoms with Gasteiger partial charge >= 0.3 is 0 Å². The van der Waals surface area contributed by atoms with Gasteiger partial charge in [0.1, 0.15) is 5.82 Å². The number of sulfone groups is 1. The first-order chi connectivity index (χ1) is 8.93. The van der Waals surface area contributed by atoms with Crippen molar-refractivity contribution in [3.05, 3.63) is 23.8 Å². The first-order valence-corrected chi connectivity index (χ1v) is 8.05. The van der Waals surface area contributed by atoms with E-state index in [0.29, 0.717) is 24.4 Å². The minimum absolute atomic E-state index is 0.0549. The molecule has 0 bridgehead atoms. The molecule has 2 rings (SSSR count). The summed E-state index contributed by atoms with van der Waals surface area (Å²) in [5, 5.41) is 0. The lowest BCUT2D eigenvalue weighted by molar-refractivity contribution is 0.0707. The maximum atomic E-state index is 12.3. The van der Waals surface area contributed by atoms with Crippen molar-refractivity contribution in [3.63, 3.8) is 0 Å². The Hall–Kier alpha value is -1.50. The molecule has 1 saturated heterocycles. The Bertz CT molecular complexity index is 568. The van der Waals surface area contributed by atoms with E-state index in [0.717, 1.165) is 0 Å². The molecule has 1 unspecified atom stereocenters. The van der Waals surface area contributed by atoms with E-state index in [1.54, 1.807) is 11.8 Å². The standard InChI is InChI=1S/C12H17N3O3S/c1-3-15(11-4-5-19(17,18)8-11)12(16)10-6-13-9(2)14-7-10/h6-7,11H,3-5,8H2,1-2H3. The molecule has 1 aromatic heterocycles. The summed E-state index contributed by atoms with van der Waals surface area (Å²) in [7, 11) is -3.00. The third-order valence-electron chi connectivity index (χ3n) is 3.28. The van der Waals surface area contributed by atoms with E-state index in [2.05, 4.69) is 9.97 Å². The second kappa shape index (κ2) is 5.24. The number of aryl methyl sites for hydroxylation is 1. The molecule has 1 aliphatic rings.